The monoisotopic (exact) mass is 642 g/mol. The average molecular weight is 644 g/mol. The quantitative estimate of drug-likeness (QED) is 0.124. The number of carbonyl (C=O) groups excluding carboxylic acids is 1. The van der Waals surface area contributed by atoms with Crippen LogP contribution in [0.25, 0.3) is 0 Å². The minimum absolute atomic E-state index is 0. The molecule has 3 rings (SSSR count). The second-order valence-corrected chi connectivity index (χ2v) is 12.7. The third-order valence-corrected chi connectivity index (χ3v) is 8.13. The van der Waals surface area contributed by atoms with Crippen LogP contribution >= 0.6 is 11.3 Å². The second-order valence-electron chi connectivity index (χ2n) is 12.0. The summed E-state index contributed by atoms with van der Waals surface area (Å²) < 4.78 is 8.52. The van der Waals surface area contributed by atoms with Crippen molar-refractivity contribution < 1.29 is 31.1 Å². The molecule has 0 bridgehead atoms. The van der Waals surface area contributed by atoms with Crippen LogP contribution in [0, 0.1) is 0 Å². The van der Waals surface area contributed by atoms with Crippen molar-refractivity contribution in [1.29, 1.82) is 0 Å². The molecule has 1 heterocycles. The molecule has 0 unspecified atom stereocenters. The fourth-order valence-corrected chi connectivity index (χ4v) is 5.70. The van der Waals surface area contributed by atoms with E-state index in [0.29, 0.717) is 18.7 Å². The van der Waals surface area contributed by atoms with E-state index in [2.05, 4.69) is 66.8 Å². The third kappa shape index (κ3) is 12.3. The first kappa shape index (κ1) is 35.0. The number of rotatable bonds is 18. The number of anilines is 1. The number of ether oxygens (including phenoxy) is 1. The Labute approximate surface area is 263 Å². The van der Waals surface area contributed by atoms with Crippen LogP contribution in [0.15, 0.2) is 59.6 Å². The molecule has 0 atom stereocenters. The van der Waals surface area contributed by atoms with Crippen LogP contribution in [0.5, 0.6) is 5.75 Å². The summed E-state index contributed by atoms with van der Waals surface area (Å²) in [5.74, 6) is 0.596. The summed E-state index contributed by atoms with van der Waals surface area (Å²) in [5, 5.41) is 5.23. The Kier molecular flexibility index (Phi) is 16.3. The van der Waals surface area contributed by atoms with Crippen molar-refractivity contribution in [3.8, 4) is 5.75 Å². The maximum atomic E-state index is 13.6. The van der Waals surface area contributed by atoms with E-state index in [9.17, 15) is 4.79 Å². The molecule has 0 aliphatic carbocycles. The Balaban J connectivity index is 0.00000588. The zero-order chi connectivity index (χ0) is 28.6. The van der Waals surface area contributed by atoms with E-state index in [1.54, 1.807) is 11.3 Å². The van der Waals surface area contributed by atoms with Gasteiger partial charge in [-0.05, 0) is 24.0 Å². The van der Waals surface area contributed by atoms with E-state index >= 15 is 0 Å². The summed E-state index contributed by atoms with van der Waals surface area (Å²) in [7, 11) is 0. The molecule has 1 amide bonds. The molecule has 2 aromatic carbocycles. The number of amides is 1. The lowest BCUT2D eigenvalue weighted by molar-refractivity contribution is -0.683. The number of aromatic nitrogens is 1. The zero-order valence-corrected chi connectivity index (χ0v) is 28.1. The average Bonchev–Trinajstić information content (AvgIpc) is 3.45. The van der Waals surface area contributed by atoms with Gasteiger partial charge in [-0.1, -0.05) is 140 Å². The Morgan fingerprint density at radius 2 is 1.49 bits per heavy atom. The molecule has 4 nitrogen and oxygen atoms in total. The van der Waals surface area contributed by atoms with Gasteiger partial charge in [-0.15, -0.1) is 0 Å². The fraction of sp³-hybridized carbons (Fsp3) is 0.543. The van der Waals surface area contributed by atoms with Gasteiger partial charge in [0.05, 0.1) is 23.2 Å². The predicted molar refractivity (Wildman–Crippen MR) is 170 cm³/mol. The van der Waals surface area contributed by atoms with Crippen molar-refractivity contribution in [3.63, 3.8) is 0 Å². The molecular weight excluding hydrogens is 592 g/mol. The van der Waals surface area contributed by atoms with Crippen LogP contribution in [0.3, 0.4) is 0 Å². The van der Waals surface area contributed by atoms with E-state index in [1.165, 1.54) is 70.6 Å². The highest BCUT2D eigenvalue weighted by molar-refractivity contribution is 7.07. The normalized spacial score (nSPS) is 11.2. The number of nitrogens with zero attached hydrogens (tertiary/aromatic N) is 1. The van der Waals surface area contributed by atoms with Crippen molar-refractivity contribution in [2.45, 2.75) is 117 Å². The largest absolute Gasteiger partial charge is 1.00 e. The summed E-state index contributed by atoms with van der Waals surface area (Å²) in [4.78, 5) is 13.6. The molecule has 0 radical (unpaired) electrons. The molecule has 226 valence electrons. The molecule has 0 saturated carbocycles. The van der Waals surface area contributed by atoms with Crippen LogP contribution in [0.4, 0.5) is 5.69 Å². The smallest absolute Gasteiger partial charge is 0.259 e. The van der Waals surface area contributed by atoms with E-state index in [-0.39, 0.29) is 28.3 Å². The number of carbonyl (C=O) groups is 1. The number of hydrogen-bond donors (Lipinski definition) is 1. The molecule has 0 spiro atoms. The molecule has 0 aliphatic heterocycles. The first-order valence-corrected chi connectivity index (χ1v) is 16.4. The van der Waals surface area contributed by atoms with Crippen molar-refractivity contribution >= 4 is 22.9 Å². The van der Waals surface area contributed by atoms with Crippen molar-refractivity contribution in [3.05, 3.63) is 76.2 Å². The molecule has 0 fully saturated rings. The highest BCUT2D eigenvalue weighted by Gasteiger charge is 2.24. The molecule has 1 aromatic heterocycles. The second kappa shape index (κ2) is 19.1. The van der Waals surface area contributed by atoms with Crippen LogP contribution in [0.2, 0.25) is 0 Å². The maximum absolute atomic E-state index is 13.6. The van der Waals surface area contributed by atoms with Gasteiger partial charge >= 0.3 is 0 Å². The molecule has 3 aromatic rings. The Hall–Kier alpha value is -2.18. The number of nitrogens with one attached hydrogen (secondary N) is 1. The standard InChI is InChI=1S/C35H50N2O2S.BrH/c1-5-6-7-8-9-10-11-12-13-14-15-18-25-39-33-30(21-19-22-31(33)35(2,3)4)34(38)36-32-23-17-16-20-29(32)27-37-24-26-40-28-37;/h16-17,19-24,26,28H,5-15,18,25,27H2,1-4H3;1H. The summed E-state index contributed by atoms with van der Waals surface area (Å²) in [6.07, 6.45) is 17.8. The highest BCUT2D eigenvalue weighted by atomic mass is 79.9. The summed E-state index contributed by atoms with van der Waals surface area (Å²) in [6, 6.07) is 14.0. The first-order valence-electron chi connectivity index (χ1n) is 15.5. The number of halogens is 1. The molecule has 0 aliphatic rings. The SMILES string of the molecule is CCCCCCCCCCCCCCOc1c(C(=O)Nc2ccccc2C[n+]2ccsc2)cccc1C(C)(C)C.[Br-]. The molecule has 0 saturated heterocycles. The van der Waals surface area contributed by atoms with Crippen LogP contribution < -0.4 is 31.6 Å². The first-order chi connectivity index (χ1) is 19.4. The Morgan fingerprint density at radius 3 is 2.10 bits per heavy atom. The Morgan fingerprint density at radius 1 is 0.854 bits per heavy atom. The molecule has 1 N–H and O–H groups in total. The van der Waals surface area contributed by atoms with Gasteiger partial charge < -0.3 is 27.0 Å². The third-order valence-electron chi connectivity index (χ3n) is 7.46. The zero-order valence-electron chi connectivity index (χ0n) is 25.7. The summed E-state index contributed by atoms with van der Waals surface area (Å²) in [5.41, 5.74) is 5.53. The minimum atomic E-state index is -0.129. The van der Waals surface area contributed by atoms with Gasteiger partial charge in [0.2, 0.25) is 5.51 Å². The number of para-hydroxylation sites is 2. The topological polar surface area (TPSA) is 42.2 Å². The number of unbranched alkanes of at least 4 members (excludes halogenated alkanes) is 11. The van der Waals surface area contributed by atoms with E-state index in [4.69, 9.17) is 4.74 Å². The van der Waals surface area contributed by atoms with E-state index < -0.39 is 0 Å². The van der Waals surface area contributed by atoms with Crippen molar-refractivity contribution in [2.75, 3.05) is 11.9 Å². The van der Waals surface area contributed by atoms with Crippen LogP contribution in [-0.4, -0.2) is 12.5 Å². The van der Waals surface area contributed by atoms with Gasteiger partial charge in [0, 0.05) is 11.1 Å². The highest BCUT2D eigenvalue weighted by Crippen LogP contribution is 2.35. The van der Waals surface area contributed by atoms with E-state index in [0.717, 1.165) is 29.0 Å². The van der Waals surface area contributed by atoms with Gasteiger partial charge in [0.1, 0.15) is 5.75 Å². The van der Waals surface area contributed by atoms with E-state index in [1.807, 2.05) is 30.3 Å². The van der Waals surface area contributed by atoms with Gasteiger partial charge in [0.25, 0.3) is 5.91 Å². The lowest BCUT2D eigenvalue weighted by Crippen LogP contribution is -3.00. The number of hydrogen-bond acceptors (Lipinski definition) is 3. The molecular formula is C35H51BrN2O2S. The van der Waals surface area contributed by atoms with Gasteiger partial charge in [-0.25, -0.2) is 0 Å². The van der Waals surface area contributed by atoms with Crippen LogP contribution in [0.1, 0.15) is 126 Å². The Bertz CT molecular complexity index is 1140. The fourth-order valence-electron chi connectivity index (χ4n) is 5.10. The lowest BCUT2D eigenvalue weighted by Gasteiger charge is -2.25. The van der Waals surface area contributed by atoms with Gasteiger partial charge in [0.15, 0.2) is 12.7 Å². The lowest BCUT2D eigenvalue weighted by atomic mass is 9.85. The van der Waals surface area contributed by atoms with Crippen molar-refractivity contribution in [1.82, 2.24) is 0 Å². The number of benzene rings is 2. The summed E-state index contributed by atoms with van der Waals surface area (Å²) in [6.45, 7) is 10.1. The molecule has 41 heavy (non-hydrogen) atoms. The maximum Gasteiger partial charge on any atom is 0.259 e. The minimum Gasteiger partial charge on any atom is -1.00 e. The summed E-state index contributed by atoms with van der Waals surface area (Å²) >= 11 is 1.66. The predicted octanol–water partition coefficient (Wildman–Crippen LogP) is 6.72. The number of thiazole rings is 1. The van der Waals surface area contributed by atoms with Gasteiger partial charge in [-0.2, -0.15) is 4.57 Å². The van der Waals surface area contributed by atoms with Gasteiger partial charge in [-0.3, -0.25) is 4.79 Å². The molecule has 6 heteroatoms. The van der Waals surface area contributed by atoms with Crippen LogP contribution in [-0.2, 0) is 12.0 Å². The van der Waals surface area contributed by atoms with Crippen molar-refractivity contribution in [2.24, 2.45) is 0 Å².